The summed E-state index contributed by atoms with van der Waals surface area (Å²) in [5.41, 5.74) is 2.01. The van der Waals surface area contributed by atoms with Crippen molar-refractivity contribution < 1.29 is 0 Å². The van der Waals surface area contributed by atoms with Gasteiger partial charge in [-0.05, 0) is 42.7 Å². The maximum absolute atomic E-state index is 4.37. The maximum atomic E-state index is 4.37. The van der Waals surface area contributed by atoms with Crippen molar-refractivity contribution in [2.75, 3.05) is 29.9 Å². The van der Waals surface area contributed by atoms with Crippen LogP contribution in [-0.2, 0) is 0 Å². The molecule has 122 valence electrons. The summed E-state index contributed by atoms with van der Waals surface area (Å²) in [4.78, 5) is 15.3. The van der Waals surface area contributed by atoms with E-state index in [9.17, 15) is 0 Å². The van der Waals surface area contributed by atoms with E-state index in [4.69, 9.17) is 0 Å². The first-order valence-electron chi connectivity index (χ1n) is 8.10. The van der Waals surface area contributed by atoms with Crippen LogP contribution in [0, 0.1) is 5.92 Å². The number of anilines is 2. The third kappa shape index (κ3) is 3.19. The van der Waals surface area contributed by atoms with Gasteiger partial charge in [0.05, 0.1) is 5.39 Å². The Labute approximate surface area is 149 Å². The van der Waals surface area contributed by atoms with E-state index in [1.165, 1.54) is 12.1 Å². The normalized spacial score (nSPS) is 17.4. The lowest BCUT2D eigenvalue weighted by Gasteiger charge is -2.19. The second kappa shape index (κ2) is 6.73. The summed E-state index contributed by atoms with van der Waals surface area (Å²) in [5, 5.41) is 4.46. The number of nitrogens with one attached hydrogen (secondary N) is 1. The van der Waals surface area contributed by atoms with Gasteiger partial charge in [0.25, 0.3) is 0 Å². The fourth-order valence-electron chi connectivity index (χ4n) is 3.18. The summed E-state index contributed by atoms with van der Waals surface area (Å²) in [6.07, 6.45) is 4.51. The van der Waals surface area contributed by atoms with Gasteiger partial charge in [-0.25, -0.2) is 15.0 Å². The molecule has 24 heavy (non-hydrogen) atoms. The van der Waals surface area contributed by atoms with Gasteiger partial charge in [0.15, 0.2) is 5.65 Å². The predicted molar refractivity (Wildman–Crippen MR) is 100 cm³/mol. The second-order valence-electron chi connectivity index (χ2n) is 6.06. The van der Waals surface area contributed by atoms with E-state index in [2.05, 4.69) is 65.4 Å². The largest absolute Gasteiger partial charge is 0.371 e. The summed E-state index contributed by atoms with van der Waals surface area (Å²) in [5.74, 6) is 1.47. The number of rotatable bonds is 4. The minimum atomic E-state index is 0.602. The number of aromatic nitrogens is 3. The SMILES string of the molecule is Brc1cccc(N2CC[C@@H](CNc3ncnc4ncccc34)C2)c1. The van der Waals surface area contributed by atoms with E-state index < -0.39 is 0 Å². The quantitative estimate of drug-likeness (QED) is 0.743. The predicted octanol–water partition coefficient (Wildman–Crippen LogP) is 3.73. The molecule has 1 atom stereocenters. The minimum Gasteiger partial charge on any atom is -0.371 e. The van der Waals surface area contributed by atoms with Crippen molar-refractivity contribution in [1.29, 1.82) is 0 Å². The fourth-order valence-corrected chi connectivity index (χ4v) is 3.57. The Morgan fingerprint density at radius 1 is 1.17 bits per heavy atom. The molecule has 3 aromatic rings. The summed E-state index contributed by atoms with van der Waals surface area (Å²) >= 11 is 3.55. The fraction of sp³-hybridized carbons (Fsp3) is 0.278. The van der Waals surface area contributed by atoms with Crippen molar-refractivity contribution in [3.8, 4) is 0 Å². The van der Waals surface area contributed by atoms with Crippen molar-refractivity contribution >= 4 is 38.5 Å². The van der Waals surface area contributed by atoms with Crippen LogP contribution in [-0.4, -0.2) is 34.6 Å². The topological polar surface area (TPSA) is 53.9 Å². The van der Waals surface area contributed by atoms with E-state index >= 15 is 0 Å². The van der Waals surface area contributed by atoms with E-state index in [1.54, 1.807) is 12.5 Å². The molecule has 1 fully saturated rings. The molecule has 1 aliphatic rings. The first kappa shape index (κ1) is 15.3. The molecular formula is C18H18BrN5. The third-order valence-electron chi connectivity index (χ3n) is 4.43. The lowest BCUT2D eigenvalue weighted by atomic mass is 10.1. The highest BCUT2D eigenvalue weighted by molar-refractivity contribution is 9.10. The van der Waals surface area contributed by atoms with Crippen LogP contribution in [0.1, 0.15) is 6.42 Å². The molecule has 1 saturated heterocycles. The first-order chi connectivity index (χ1) is 11.8. The van der Waals surface area contributed by atoms with Crippen molar-refractivity contribution in [2.24, 2.45) is 5.92 Å². The Balaban J connectivity index is 1.42. The van der Waals surface area contributed by atoms with Crippen LogP contribution in [0.15, 0.2) is 53.4 Å². The molecule has 0 amide bonds. The van der Waals surface area contributed by atoms with E-state index in [0.29, 0.717) is 5.92 Å². The average molecular weight is 384 g/mol. The van der Waals surface area contributed by atoms with Crippen LogP contribution >= 0.6 is 15.9 Å². The van der Waals surface area contributed by atoms with Gasteiger partial charge in [-0.2, -0.15) is 0 Å². The van der Waals surface area contributed by atoms with E-state index in [1.807, 2.05) is 12.1 Å². The lowest BCUT2D eigenvalue weighted by molar-refractivity contribution is 0.621. The molecule has 0 aliphatic carbocycles. The van der Waals surface area contributed by atoms with Gasteiger partial charge >= 0.3 is 0 Å². The number of fused-ring (bicyclic) bond motifs is 1. The highest BCUT2D eigenvalue weighted by Crippen LogP contribution is 2.26. The number of hydrogen-bond acceptors (Lipinski definition) is 5. The van der Waals surface area contributed by atoms with Gasteiger partial charge in [-0.3, -0.25) is 0 Å². The molecule has 2 aromatic heterocycles. The van der Waals surface area contributed by atoms with Crippen molar-refractivity contribution in [3.05, 3.63) is 53.4 Å². The minimum absolute atomic E-state index is 0.602. The molecule has 0 radical (unpaired) electrons. The third-order valence-corrected chi connectivity index (χ3v) is 4.92. The molecule has 0 saturated carbocycles. The highest BCUT2D eigenvalue weighted by Gasteiger charge is 2.23. The van der Waals surface area contributed by atoms with Crippen molar-refractivity contribution in [3.63, 3.8) is 0 Å². The van der Waals surface area contributed by atoms with Crippen LogP contribution < -0.4 is 10.2 Å². The Hall–Kier alpha value is -2.21. The molecule has 4 rings (SSSR count). The van der Waals surface area contributed by atoms with Crippen molar-refractivity contribution in [1.82, 2.24) is 15.0 Å². The molecule has 1 N–H and O–H groups in total. The van der Waals surface area contributed by atoms with Gasteiger partial charge < -0.3 is 10.2 Å². The summed E-state index contributed by atoms with van der Waals surface area (Å²) in [6.45, 7) is 3.06. The summed E-state index contributed by atoms with van der Waals surface area (Å²) < 4.78 is 1.13. The van der Waals surface area contributed by atoms with Crippen molar-refractivity contribution in [2.45, 2.75) is 6.42 Å². The van der Waals surface area contributed by atoms with Crippen LogP contribution in [0.3, 0.4) is 0 Å². The molecule has 3 heterocycles. The number of pyridine rings is 1. The van der Waals surface area contributed by atoms with Gasteiger partial charge in [-0.15, -0.1) is 0 Å². The first-order valence-corrected chi connectivity index (χ1v) is 8.89. The van der Waals surface area contributed by atoms with Crippen LogP contribution in [0.25, 0.3) is 11.0 Å². The Morgan fingerprint density at radius 3 is 3.04 bits per heavy atom. The zero-order chi connectivity index (χ0) is 16.4. The van der Waals surface area contributed by atoms with E-state index in [0.717, 1.165) is 41.0 Å². The van der Waals surface area contributed by atoms with Gasteiger partial charge in [-0.1, -0.05) is 22.0 Å². The van der Waals surface area contributed by atoms with Crippen LogP contribution in [0.5, 0.6) is 0 Å². The van der Waals surface area contributed by atoms with E-state index in [-0.39, 0.29) is 0 Å². The summed E-state index contributed by atoms with van der Waals surface area (Å²) in [7, 11) is 0. The molecule has 0 unspecified atom stereocenters. The monoisotopic (exact) mass is 383 g/mol. The molecule has 6 heteroatoms. The van der Waals surface area contributed by atoms with Gasteiger partial charge in [0.2, 0.25) is 0 Å². The van der Waals surface area contributed by atoms with Crippen LogP contribution in [0.4, 0.5) is 11.5 Å². The Morgan fingerprint density at radius 2 is 2.12 bits per heavy atom. The van der Waals surface area contributed by atoms with Gasteiger partial charge in [0.1, 0.15) is 12.1 Å². The van der Waals surface area contributed by atoms with Crippen LogP contribution in [0.2, 0.25) is 0 Å². The number of nitrogens with zero attached hydrogens (tertiary/aromatic N) is 4. The molecule has 5 nitrogen and oxygen atoms in total. The highest BCUT2D eigenvalue weighted by atomic mass is 79.9. The Bertz CT molecular complexity index is 848. The molecule has 1 aliphatic heterocycles. The smallest absolute Gasteiger partial charge is 0.164 e. The number of benzene rings is 1. The zero-order valence-electron chi connectivity index (χ0n) is 13.2. The molecule has 0 bridgehead atoms. The molecule has 1 aromatic carbocycles. The summed E-state index contributed by atoms with van der Waals surface area (Å²) in [6, 6.07) is 12.4. The maximum Gasteiger partial charge on any atom is 0.164 e. The Kier molecular flexibility index (Phi) is 4.30. The standard InChI is InChI=1S/C18H18BrN5/c19-14-3-1-4-15(9-14)24-8-6-13(11-24)10-21-18-16-5-2-7-20-17(16)22-12-23-18/h1-5,7,9,12-13H,6,8,10-11H2,(H,20,21,22,23)/t13-/m0/s1. The van der Waals surface area contributed by atoms with Gasteiger partial charge in [0, 0.05) is 36.0 Å². The molecular weight excluding hydrogens is 366 g/mol. The average Bonchev–Trinajstić information content (AvgIpc) is 3.09. The number of halogens is 1. The zero-order valence-corrected chi connectivity index (χ0v) is 14.8. The number of hydrogen-bond donors (Lipinski definition) is 1. The second-order valence-corrected chi connectivity index (χ2v) is 6.97. The molecule has 0 spiro atoms. The lowest BCUT2D eigenvalue weighted by Crippen LogP contribution is -2.22.